The van der Waals surface area contributed by atoms with Gasteiger partial charge in [0, 0.05) is 52.4 Å². The Bertz CT molecular complexity index is 1620. The van der Waals surface area contributed by atoms with Gasteiger partial charge in [0.2, 0.25) is 0 Å². The van der Waals surface area contributed by atoms with E-state index in [2.05, 4.69) is 10.3 Å². The highest BCUT2D eigenvalue weighted by molar-refractivity contribution is 6.36. The summed E-state index contributed by atoms with van der Waals surface area (Å²) in [5.41, 5.74) is 7.70. The highest BCUT2D eigenvalue weighted by atomic mass is 35.5. The first-order valence-corrected chi connectivity index (χ1v) is 13.5. The molecule has 0 radical (unpaired) electrons. The molecule has 0 fully saturated rings. The maximum atomic E-state index is 13.1. The number of H-pyrrole nitrogens is 1. The Balaban J connectivity index is 1.89. The Labute approximate surface area is 235 Å². The number of anilines is 1. The van der Waals surface area contributed by atoms with Crippen LogP contribution in [0.3, 0.4) is 0 Å². The fourth-order valence-corrected chi connectivity index (χ4v) is 4.78. The van der Waals surface area contributed by atoms with Crippen molar-refractivity contribution in [1.82, 2.24) is 14.5 Å². The van der Waals surface area contributed by atoms with E-state index in [1.807, 2.05) is 32.0 Å². The predicted octanol–water partition coefficient (Wildman–Crippen LogP) is 5.24. The summed E-state index contributed by atoms with van der Waals surface area (Å²) in [7, 11) is 1.54. The second-order valence-corrected chi connectivity index (χ2v) is 9.82. The zero-order valence-electron chi connectivity index (χ0n) is 22.1. The molecule has 9 nitrogen and oxygen atoms in total. The number of nitrogens with two attached hydrogens (primary N) is 1. The number of aromatic nitrogens is 3. The quantitative estimate of drug-likeness (QED) is 0.224. The van der Waals surface area contributed by atoms with Gasteiger partial charge in [0.1, 0.15) is 17.3 Å². The van der Waals surface area contributed by atoms with Gasteiger partial charge in [0.15, 0.2) is 5.65 Å². The number of nitrogens with zero attached hydrogens (tertiary/aromatic N) is 2. The number of ether oxygens (including phenoxy) is 2. The number of nitrogens with one attached hydrogen (secondary N) is 2. The number of aryl methyl sites for hydroxylation is 1. The molecule has 11 heteroatoms. The summed E-state index contributed by atoms with van der Waals surface area (Å²) in [6, 6.07) is 10.7. The highest BCUT2D eigenvalue weighted by Gasteiger charge is 2.22. The van der Waals surface area contributed by atoms with Gasteiger partial charge < -0.3 is 20.5 Å². The van der Waals surface area contributed by atoms with Gasteiger partial charge in [-0.2, -0.15) is 0 Å². The molecule has 2 heterocycles. The van der Waals surface area contributed by atoms with Gasteiger partial charge in [-0.25, -0.2) is 9.78 Å². The number of benzene rings is 2. The van der Waals surface area contributed by atoms with Crippen molar-refractivity contribution >= 4 is 40.1 Å². The molecule has 4 N–H and O–H groups in total. The Morgan fingerprint density at radius 1 is 1.05 bits per heavy atom. The van der Waals surface area contributed by atoms with Gasteiger partial charge in [-0.3, -0.25) is 14.3 Å². The van der Waals surface area contributed by atoms with Crippen LogP contribution in [0.5, 0.6) is 11.5 Å². The molecule has 4 rings (SSSR count). The minimum Gasteiger partial charge on any atom is -0.494 e. The Hall–Kier alpha value is -3.53. The van der Waals surface area contributed by atoms with E-state index in [1.165, 1.54) is 11.6 Å². The van der Waals surface area contributed by atoms with Gasteiger partial charge in [0.05, 0.1) is 18.6 Å². The van der Waals surface area contributed by atoms with Crippen molar-refractivity contribution in [3.8, 4) is 22.6 Å². The van der Waals surface area contributed by atoms with Crippen LogP contribution < -0.4 is 31.8 Å². The van der Waals surface area contributed by atoms with Crippen LogP contribution in [0.15, 0.2) is 46.0 Å². The number of fused-ring (bicyclic) bond motifs is 1. The van der Waals surface area contributed by atoms with E-state index < -0.39 is 11.2 Å². The molecule has 0 unspecified atom stereocenters. The SMILES string of the molecule is CCCOc1ccc(OCCC)c(CNc2nc3c(c(-c4ccc(Cl)cc4Cl)c2CN)c(=O)[nH]c(=O)n3C)c1. The van der Waals surface area contributed by atoms with Crippen LogP contribution in [-0.2, 0) is 20.1 Å². The van der Waals surface area contributed by atoms with E-state index in [1.54, 1.807) is 18.2 Å². The largest absolute Gasteiger partial charge is 0.494 e. The zero-order chi connectivity index (χ0) is 28.1. The van der Waals surface area contributed by atoms with Crippen LogP contribution in [-0.4, -0.2) is 27.7 Å². The molecule has 2 aromatic carbocycles. The van der Waals surface area contributed by atoms with Crippen LogP contribution in [0.1, 0.15) is 37.8 Å². The van der Waals surface area contributed by atoms with Crippen molar-refractivity contribution < 1.29 is 9.47 Å². The Kier molecular flexibility index (Phi) is 9.16. The highest BCUT2D eigenvalue weighted by Crippen LogP contribution is 2.38. The van der Waals surface area contributed by atoms with Gasteiger partial charge >= 0.3 is 5.69 Å². The Morgan fingerprint density at radius 2 is 1.79 bits per heavy atom. The van der Waals surface area contributed by atoms with Crippen molar-refractivity contribution in [1.29, 1.82) is 0 Å². The number of hydrogen-bond acceptors (Lipinski definition) is 7. The number of halogens is 2. The molecule has 0 aliphatic heterocycles. The number of hydrogen-bond donors (Lipinski definition) is 3. The lowest BCUT2D eigenvalue weighted by molar-refractivity contribution is 0.306. The summed E-state index contributed by atoms with van der Waals surface area (Å²) in [6.07, 6.45) is 1.74. The van der Waals surface area contributed by atoms with Gasteiger partial charge in [-0.05, 0) is 43.2 Å². The minimum absolute atomic E-state index is 0.0423. The molecule has 0 bridgehead atoms. The van der Waals surface area contributed by atoms with Gasteiger partial charge in [0.25, 0.3) is 5.56 Å². The summed E-state index contributed by atoms with van der Waals surface area (Å²) in [5, 5.41) is 4.34. The van der Waals surface area contributed by atoms with Crippen LogP contribution in [0.4, 0.5) is 5.82 Å². The second kappa shape index (κ2) is 12.5. The fraction of sp³-hybridized carbons (Fsp3) is 0.321. The van der Waals surface area contributed by atoms with Gasteiger partial charge in [-0.15, -0.1) is 0 Å². The fourth-order valence-electron chi connectivity index (χ4n) is 4.28. The van der Waals surface area contributed by atoms with E-state index in [-0.39, 0.29) is 17.6 Å². The smallest absolute Gasteiger partial charge is 0.329 e. The maximum Gasteiger partial charge on any atom is 0.329 e. The van der Waals surface area contributed by atoms with E-state index >= 15 is 0 Å². The number of aromatic amines is 1. The summed E-state index contributed by atoms with van der Waals surface area (Å²) < 4.78 is 13.1. The molecular formula is C28H31Cl2N5O4. The monoisotopic (exact) mass is 571 g/mol. The summed E-state index contributed by atoms with van der Waals surface area (Å²) in [4.78, 5) is 32.6. The van der Waals surface area contributed by atoms with Crippen molar-refractivity contribution in [3.63, 3.8) is 0 Å². The third-order valence-electron chi connectivity index (χ3n) is 6.17. The van der Waals surface area contributed by atoms with Crippen LogP contribution >= 0.6 is 23.2 Å². The zero-order valence-corrected chi connectivity index (χ0v) is 23.6. The summed E-state index contributed by atoms with van der Waals surface area (Å²) in [5.74, 6) is 1.85. The molecule has 0 aliphatic carbocycles. The molecule has 0 saturated heterocycles. The number of pyridine rings is 1. The molecule has 0 spiro atoms. The molecule has 0 amide bonds. The standard InChI is InChI=1S/C28H31Cl2N5O4/c1-4-10-38-18-7-9-22(39-11-5-2)16(12-18)15-32-25-20(14-31)23(19-8-6-17(29)13-21(19)30)24-26(33-25)35(3)28(37)34-27(24)36/h6-9,12-13H,4-5,10-11,14-15,31H2,1-3H3,(H,32,33)(H,34,36,37). The van der Waals surface area contributed by atoms with E-state index in [4.69, 9.17) is 43.4 Å². The second-order valence-electron chi connectivity index (χ2n) is 8.98. The molecule has 0 aliphatic rings. The minimum atomic E-state index is -0.587. The predicted molar refractivity (Wildman–Crippen MR) is 156 cm³/mol. The summed E-state index contributed by atoms with van der Waals surface area (Å²) >= 11 is 12.7. The molecule has 0 saturated carbocycles. The molecule has 2 aromatic heterocycles. The molecule has 4 aromatic rings. The van der Waals surface area contributed by atoms with Crippen molar-refractivity contribution in [2.24, 2.45) is 12.8 Å². The normalized spacial score (nSPS) is 11.1. The first kappa shape index (κ1) is 28.5. The van der Waals surface area contributed by atoms with Crippen molar-refractivity contribution in [2.75, 3.05) is 18.5 Å². The topological polar surface area (TPSA) is 124 Å². The summed E-state index contributed by atoms with van der Waals surface area (Å²) in [6.45, 7) is 5.61. The maximum absolute atomic E-state index is 13.1. The number of rotatable bonds is 11. The third kappa shape index (κ3) is 6.06. The lowest BCUT2D eigenvalue weighted by Gasteiger charge is -2.20. The molecule has 39 heavy (non-hydrogen) atoms. The van der Waals surface area contributed by atoms with Crippen LogP contribution in [0.2, 0.25) is 10.0 Å². The molecule has 0 atom stereocenters. The van der Waals surface area contributed by atoms with E-state index in [0.717, 1.165) is 24.2 Å². The van der Waals surface area contributed by atoms with Crippen molar-refractivity contribution in [3.05, 3.63) is 78.4 Å². The third-order valence-corrected chi connectivity index (χ3v) is 6.71. The average Bonchev–Trinajstić information content (AvgIpc) is 2.92. The average molecular weight is 572 g/mol. The van der Waals surface area contributed by atoms with Gasteiger partial charge in [-0.1, -0.05) is 43.1 Å². The first-order valence-electron chi connectivity index (χ1n) is 12.7. The Morgan fingerprint density at radius 3 is 2.49 bits per heavy atom. The van der Waals surface area contributed by atoms with E-state index in [0.29, 0.717) is 58.1 Å². The van der Waals surface area contributed by atoms with Crippen LogP contribution in [0.25, 0.3) is 22.2 Å². The lowest BCUT2D eigenvalue weighted by atomic mass is 9.97. The van der Waals surface area contributed by atoms with Crippen LogP contribution in [0, 0.1) is 0 Å². The van der Waals surface area contributed by atoms with Crippen molar-refractivity contribution in [2.45, 2.75) is 39.8 Å². The first-order chi connectivity index (χ1) is 18.8. The molecule has 206 valence electrons. The molecular weight excluding hydrogens is 541 g/mol. The van der Waals surface area contributed by atoms with E-state index in [9.17, 15) is 9.59 Å². The lowest BCUT2D eigenvalue weighted by Crippen LogP contribution is -2.30.